The second-order valence-corrected chi connectivity index (χ2v) is 6.73. The Balaban J connectivity index is 1.70. The number of aryl methyl sites for hydroxylation is 1. The summed E-state index contributed by atoms with van der Waals surface area (Å²) in [6.45, 7) is 7.74. The van der Waals surface area contributed by atoms with Crippen LogP contribution in [0.3, 0.4) is 0 Å². The molecule has 0 spiro atoms. The first-order valence-corrected chi connectivity index (χ1v) is 9.78. The van der Waals surface area contributed by atoms with E-state index in [1.54, 1.807) is 35.6 Å². The Morgan fingerprint density at radius 3 is 2.62 bits per heavy atom. The van der Waals surface area contributed by atoms with E-state index in [1.165, 1.54) is 0 Å². The van der Waals surface area contributed by atoms with Gasteiger partial charge in [-0.1, -0.05) is 0 Å². The molecule has 0 radical (unpaired) electrons. The van der Waals surface area contributed by atoms with Crippen LogP contribution in [0, 0.1) is 0 Å². The molecule has 156 valence electrons. The Morgan fingerprint density at radius 2 is 1.97 bits per heavy atom. The SMILES string of the molecule is CCOC(=O)C(C)NC(=O)N1CCN(c2nc3cccnc3n(CC)c2=O)CC1. The summed E-state index contributed by atoms with van der Waals surface area (Å²) < 4.78 is 6.51. The molecule has 1 unspecified atom stereocenters. The molecule has 1 fully saturated rings. The highest BCUT2D eigenvalue weighted by Gasteiger charge is 2.26. The molecule has 2 aromatic heterocycles. The van der Waals surface area contributed by atoms with Gasteiger partial charge < -0.3 is 19.9 Å². The molecule has 29 heavy (non-hydrogen) atoms. The van der Waals surface area contributed by atoms with Crippen LogP contribution in [0.2, 0.25) is 0 Å². The van der Waals surface area contributed by atoms with Crippen LogP contribution in [-0.2, 0) is 16.1 Å². The summed E-state index contributed by atoms with van der Waals surface area (Å²) in [6.07, 6.45) is 1.64. The Kier molecular flexibility index (Phi) is 6.30. The molecule has 10 heteroatoms. The molecule has 0 aromatic carbocycles. The van der Waals surface area contributed by atoms with Gasteiger partial charge in [-0.05, 0) is 32.9 Å². The van der Waals surface area contributed by atoms with Crippen LogP contribution in [0.25, 0.3) is 11.2 Å². The third-order valence-corrected chi connectivity index (χ3v) is 4.85. The molecule has 3 heterocycles. The highest BCUT2D eigenvalue weighted by atomic mass is 16.5. The molecule has 1 aliphatic rings. The molecule has 1 aliphatic heterocycles. The zero-order chi connectivity index (χ0) is 21.0. The number of pyridine rings is 1. The fourth-order valence-electron chi connectivity index (χ4n) is 3.29. The van der Waals surface area contributed by atoms with E-state index in [2.05, 4.69) is 15.3 Å². The van der Waals surface area contributed by atoms with Crippen molar-refractivity contribution in [2.24, 2.45) is 0 Å². The van der Waals surface area contributed by atoms with Gasteiger partial charge in [0.15, 0.2) is 11.5 Å². The summed E-state index contributed by atoms with van der Waals surface area (Å²) in [5.74, 6) is -0.0964. The van der Waals surface area contributed by atoms with Crippen molar-refractivity contribution in [2.45, 2.75) is 33.4 Å². The number of fused-ring (bicyclic) bond motifs is 1. The third-order valence-electron chi connectivity index (χ3n) is 4.85. The lowest BCUT2D eigenvalue weighted by molar-refractivity contribution is -0.144. The average molecular weight is 402 g/mol. The number of piperazine rings is 1. The first kappa shape index (κ1) is 20.6. The minimum atomic E-state index is -0.716. The summed E-state index contributed by atoms with van der Waals surface area (Å²) >= 11 is 0. The Labute approximate surface area is 168 Å². The zero-order valence-electron chi connectivity index (χ0n) is 16.9. The maximum Gasteiger partial charge on any atom is 0.328 e. The van der Waals surface area contributed by atoms with Crippen molar-refractivity contribution in [1.29, 1.82) is 0 Å². The maximum atomic E-state index is 12.9. The smallest absolute Gasteiger partial charge is 0.328 e. The molecule has 1 atom stereocenters. The summed E-state index contributed by atoms with van der Waals surface area (Å²) in [6, 6.07) is 2.58. The number of ether oxygens (including phenoxy) is 1. The number of hydrogen-bond donors (Lipinski definition) is 1. The number of aromatic nitrogens is 3. The summed E-state index contributed by atoms with van der Waals surface area (Å²) in [7, 11) is 0. The summed E-state index contributed by atoms with van der Waals surface area (Å²) in [5, 5.41) is 2.65. The standard InChI is InChI=1S/C19H26N6O4/c1-4-25-15-14(7-6-8-20-15)22-16(17(25)26)23-9-11-24(12-10-23)19(28)21-13(3)18(27)29-5-2/h6-8,13H,4-5,9-12H2,1-3H3,(H,21,28). The fraction of sp³-hybridized carbons (Fsp3) is 0.526. The summed E-state index contributed by atoms with van der Waals surface area (Å²) in [4.78, 5) is 49.3. The van der Waals surface area contributed by atoms with E-state index >= 15 is 0 Å². The zero-order valence-corrected chi connectivity index (χ0v) is 16.9. The molecule has 1 saturated heterocycles. The van der Waals surface area contributed by atoms with Crippen LogP contribution < -0.4 is 15.8 Å². The number of carbonyl (C=O) groups excluding carboxylic acids is 2. The lowest BCUT2D eigenvalue weighted by atomic mass is 10.3. The van der Waals surface area contributed by atoms with Crippen LogP contribution >= 0.6 is 0 Å². The van der Waals surface area contributed by atoms with Crippen molar-refractivity contribution in [3.05, 3.63) is 28.7 Å². The van der Waals surface area contributed by atoms with Gasteiger partial charge in [0.2, 0.25) is 0 Å². The van der Waals surface area contributed by atoms with Crippen molar-refractivity contribution in [1.82, 2.24) is 24.8 Å². The van der Waals surface area contributed by atoms with Crippen molar-refractivity contribution in [3.63, 3.8) is 0 Å². The van der Waals surface area contributed by atoms with Crippen molar-refractivity contribution < 1.29 is 14.3 Å². The minimum Gasteiger partial charge on any atom is -0.464 e. The normalized spacial score (nSPS) is 15.3. The molecule has 0 aliphatic carbocycles. The molecule has 0 saturated carbocycles. The van der Waals surface area contributed by atoms with Crippen LogP contribution in [-0.4, -0.2) is 70.3 Å². The molecular weight excluding hydrogens is 376 g/mol. The Hall–Kier alpha value is -3.17. The van der Waals surface area contributed by atoms with Crippen LogP contribution in [0.15, 0.2) is 23.1 Å². The van der Waals surface area contributed by atoms with E-state index in [0.29, 0.717) is 49.7 Å². The molecular formula is C19H26N6O4. The number of rotatable bonds is 5. The van der Waals surface area contributed by atoms with Gasteiger partial charge in [0, 0.05) is 38.9 Å². The van der Waals surface area contributed by atoms with Crippen molar-refractivity contribution in [2.75, 3.05) is 37.7 Å². The van der Waals surface area contributed by atoms with Gasteiger partial charge in [-0.25, -0.2) is 19.6 Å². The maximum absolute atomic E-state index is 12.9. The number of nitrogens with zero attached hydrogens (tertiary/aromatic N) is 5. The largest absolute Gasteiger partial charge is 0.464 e. The second-order valence-electron chi connectivity index (χ2n) is 6.73. The monoisotopic (exact) mass is 402 g/mol. The van der Waals surface area contributed by atoms with Crippen molar-refractivity contribution >= 4 is 29.0 Å². The first-order chi connectivity index (χ1) is 14.0. The fourth-order valence-corrected chi connectivity index (χ4v) is 3.29. The predicted octanol–water partition coefficient (Wildman–Crippen LogP) is 0.595. The van der Waals surface area contributed by atoms with Crippen LogP contribution in [0.1, 0.15) is 20.8 Å². The second kappa shape index (κ2) is 8.89. The van der Waals surface area contributed by atoms with Gasteiger partial charge in [0.05, 0.1) is 6.61 Å². The molecule has 2 amide bonds. The van der Waals surface area contributed by atoms with Gasteiger partial charge in [-0.3, -0.25) is 9.36 Å². The molecule has 1 N–H and O–H groups in total. The van der Waals surface area contributed by atoms with Gasteiger partial charge in [-0.2, -0.15) is 0 Å². The number of anilines is 1. The van der Waals surface area contributed by atoms with Gasteiger partial charge in [0.1, 0.15) is 11.6 Å². The molecule has 3 rings (SSSR count). The van der Waals surface area contributed by atoms with Gasteiger partial charge in [-0.15, -0.1) is 0 Å². The predicted molar refractivity (Wildman–Crippen MR) is 108 cm³/mol. The Bertz CT molecular complexity index is 951. The molecule has 10 nitrogen and oxygen atoms in total. The van der Waals surface area contributed by atoms with E-state index in [4.69, 9.17) is 4.74 Å². The highest BCUT2D eigenvalue weighted by molar-refractivity contribution is 5.83. The number of amides is 2. The number of esters is 1. The van der Waals surface area contributed by atoms with Gasteiger partial charge in [0.25, 0.3) is 5.56 Å². The lowest BCUT2D eigenvalue weighted by Crippen LogP contribution is -2.55. The van der Waals surface area contributed by atoms with Crippen molar-refractivity contribution in [3.8, 4) is 0 Å². The quantitative estimate of drug-likeness (QED) is 0.729. The minimum absolute atomic E-state index is 0.187. The average Bonchev–Trinajstić information content (AvgIpc) is 2.73. The van der Waals surface area contributed by atoms with E-state index in [0.717, 1.165) is 0 Å². The van der Waals surface area contributed by atoms with E-state index in [1.807, 2.05) is 17.9 Å². The summed E-state index contributed by atoms with van der Waals surface area (Å²) in [5.41, 5.74) is 1.04. The topological polar surface area (TPSA) is 110 Å². The first-order valence-electron chi connectivity index (χ1n) is 9.78. The highest BCUT2D eigenvalue weighted by Crippen LogP contribution is 2.14. The lowest BCUT2D eigenvalue weighted by Gasteiger charge is -2.35. The third kappa shape index (κ3) is 4.30. The molecule has 2 aromatic rings. The van der Waals surface area contributed by atoms with E-state index < -0.39 is 12.0 Å². The van der Waals surface area contributed by atoms with Gasteiger partial charge >= 0.3 is 12.0 Å². The molecule has 0 bridgehead atoms. The van der Waals surface area contributed by atoms with E-state index in [-0.39, 0.29) is 18.2 Å². The number of hydrogen-bond acceptors (Lipinski definition) is 7. The Morgan fingerprint density at radius 1 is 1.24 bits per heavy atom. The number of carbonyl (C=O) groups is 2. The van der Waals surface area contributed by atoms with Crippen LogP contribution in [0.5, 0.6) is 0 Å². The number of urea groups is 1. The number of nitrogens with one attached hydrogen (secondary N) is 1. The van der Waals surface area contributed by atoms with Crippen LogP contribution in [0.4, 0.5) is 10.6 Å². The van der Waals surface area contributed by atoms with E-state index in [9.17, 15) is 14.4 Å².